The van der Waals surface area contributed by atoms with Crippen LogP contribution in [-0.4, -0.2) is 21.5 Å². The van der Waals surface area contributed by atoms with Crippen molar-refractivity contribution in [1.82, 2.24) is 0 Å². The van der Waals surface area contributed by atoms with Gasteiger partial charge in [0.05, 0.1) is 11.4 Å². The highest BCUT2D eigenvalue weighted by Crippen LogP contribution is 2.40. The Morgan fingerprint density at radius 2 is 0.464 bits per heavy atom. The van der Waals surface area contributed by atoms with Gasteiger partial charge in [0.1, 0.15) is 0 Å². The topological polar surface area (TPSA) is 6.48 Å². The molecule has 5 heteroatoms. The van der Waals surface area contributed by atoms with Crippen LogP contribution in [0.15, 0.2) is 291 Å². The van der Waals surface area contributed by atoms with Gasteiger partial charge >= 0.3 is 0 Å². The van der Waals surface area contributed by atoms with Crippen LogP contribution >= 0.6 is 0 Å². The number of anilines is 6. The molecule has 0 radical (unpaired) electrons. The van der Waals surface area contributed by atoms with Crippen LogP contribution in [0.2, 0.25) is 0 Å². The van der Waals surface area contributed by atoms with Gasteiger partial charge in [0.15, 0.2) is 8.07 Å². The summed E-state index contributed by atoms with van der Waals surface area (Å²) in [5, 5.41) is 10.0. The lowest BCUT2D eigenvalue weighted by Gasteiger charge is -2.36. The standard InChI is InChI=1S/C92H84B2N2Si/c1-61-53-65(5)89(66(6)54-61)93(90-67(7)55-62(2)56-68(90)8)75-37-45-81(46-38-75)97(83-49-41-79(42-50-83)95(77-29-15-13-16-30-77)87-35-23-27-73-25-19-21-33-85(73)87,84-51-43-80(44-52-84)96(78-31-17-14-18-32-78)88-36-24-28-74-26-20-22-34-86(74)88)82-47-39-76(40-48-82)94(91-69(9)57-63(3)58-70(91)10)92-71(11)59-64(4)60-72(92)12/h13-60H,1-12H3. The van der Waals surface area contributed by atoms with Gasteiger partial charge in [0.2, 0.25) is 13.4 Å². The summed E-state index contributed by atoms with van der Waals surface area (Å²) in [6, 6.07) is 111. The van der Waals surface area contributed by atoms with Crippen molar-refractivity contribution >= 4 is 131 Å². The SMILES string of the molecule is Cc1cc(C)c(B(c2ccc([Si](c3ccc(B(c4c(C)cc(C)cc4C)c4c(C)cc(C)cc4C)cc3)(c3ccc(N(c4ccccc4)c4cccc5ccccc45)cc3)c3ccc(N(c4ccccc4)c4cccc5ccccc45)cc3)cc2)c2c(C)cc(C)cc2C)c(C)c1. The molecule has 0 heterocycles. The third-order valence-corrected chi connectivity index (χ3v) is 25.4. The summed E-state index contributed by atoms with van der Waals surface area (Å²) in [7, 11) is -3.41. The first-order valence-electron chi connectivity index (χ1n) is 34.4. The van der Waals surface area contributed by atoms with Crippen molar-refractivity contribution in [3.8, 4) is 0 Å². The Kier molecular flexibility index (Phi) is 17.5. The third kappa shape index (κ3) is 11.9. The molecule has 0 N–H and O–H groups in total. The molecule has 0 aliphatic carbocycles. The molecule has 0 saturated carbocycles. The first kappa shape index (κ1) is 63.9. The molecule has 14 rings (SSSR count). The monoisotopic (exact) mass is 1270 g/mol. The number of nitrogens with zero attached hydrogens (tertiary/aromatic N) is 2. The number of rotatable bonds is 16. The van der Waals surface area contributed by atoms with Crippen LogP contribution in [-0.2, 0) is 0 Å². The van der Waals surface area contributed by atoms with E-state index in [0.29, 0.717) is 0 Å². The number of hydrogen-bond acceptors (Lipinski definition) is 2. The molecule has 472 valence electrons. The second kappa shape index (κ2) is 26.6. The fraction of sp³-hybridized carbons (Fsp3) is 0.130. The average Bonchev–Trinajstić information content (AvgIpc) is 0.728. The van der Waals surface area contributed by atoms with E-state index < -0.39 is 8.07 Å². The van der Waals surface area contributed by atoms with E-state index in [1.54, 1.807) is 0 Å². The molecular weight excluding hydrogens is 1180 g/mol. The van der Waals surface area contributed by atoms with Gasteiger partial charge in [-0.2, -0.15) is 0 Å². The fourth-order valence-electron chi connectivity index (χ4n) is 16.9. The average molecular weight is 1270 g/mol. The molecular formula is C92H84B2N2Si. The van der Waals surface area contributed by atoms with Gasteiger partial charge in [-0.05, 0) is 175 Å². The van der Waals surface area contributed by atoms with Gasteiger partial charge in [0.25, 0.3) is 0 Å². The van der Waals surface area contributed by atoms with E-state index in [9.17, 15) is 0 Å². The van der Waals surface area contributed by atoms with Crippen LogP contribution in [0.4, 0.5) is 34.1 Å². The number of aryl methyl sites for hydroxylation is 12. The van der Waals surface area contributed by atoms with E-state index in [0.717, 1.165) is 34.1 Å². The third-order valence-electron chi connectivity index (χ3n) is 20.6. The number of fused-ring (bicyclic) bond motifs is 2. The maximum Gasteiger partial charge on any atom is 0.242 e. The normalized spacial score (nSPS) is 11.5. The lowest BCUT2D eigenvalue weighted by atomic mass is 9.34. The molecule has 14 aromatic carbocycles. The summed E-state index contributed by atoms with van der Waals surface area (Å²) < 4.78 is 0. The predicted molar refractivity (Wildman–Crippen MR) is 426 cm³/mol. The molecule has 0 fully saturated rings. The van der Waals surface area contributed by atoms with Crippen molar-refractivity contribution in [1.29, 1.82) is 0 Å². The molecule has 2 nitrogen and oxygen atoms in total. The molecule has 14 aromatic rings. The summed E-state index contributed by atoms with van der Waals surface area (Å²) in [5.74, 6) is 0. The van der Waals surface area contributed by atoms with Crippen LogP contribution in [0.25, 0.3) is 21.5 Å². The van der Waals surface area contributed by atoms with Gasteiger partial charge in [-0.1, -0.05) is 330 Å². The van der Waals surface area contributed by atoms with Gasteiger partial charge in [0, 0.05) is 33.5 Å². The Morgan fingerprint density at radius 3 is 0.753 bits per heavy atom. The molecule has 0 spiro atoms. The molecule has 0 atom stereocenters. The maximum atomic E-state index is 2.53. The van der Waals surface area contributed by atoms with Crippen LogP contribution < -0.4 is 63.3 Å². The minimum Gasteiger partial charge on any atom is -0.310 e. The van der Waals surface area contributed by atoms with Crippen molar-refractivity contribution in [2.75, 3.05) is 9.80 Å². The molecule has 0 unspecified atom stereocenters. The summed E-state index contributed by atoms with van der Waals surface area (Å²) in [4.78, 5) is 4.88. The van der Waals surface area contributed by atoms with Crippen molar-refractivity contribution in [2.24, 2.45) is 0 Å². The zero-order chi connectivity index (χ0) is 67.2. The summed E-state index contributed by atoms with van der Waals surface area (Å²) >= 11 is 0. The van der Waals surface area contributed by atoms with Gasteiger partial charge in [-0.3, -0.25) is 0 Å². The van der Waals surface area contributed by atoms with E-state index in [1.807, 2.05) is 0 Å². The second-order valence-electron chi connectivity index (χ2n) is 27.5. The molecule has 97 heavy (non-hydrogen) atoms. The zero-order valence-corrected chi connectivity index (χ0v) is 59.3. The van der Waals surface area contributed by atoms with E-state index >= 15 is 0 Å². The van der Waals surface area contributed by atoms with Crippen molar-refractivity contribution in [3.63, 3.8) is 0 Å². The van der Waals surface area contributed by atoms with Gasteiger partial charge in [-0.25, -0.2) is 0 Å². The van der Waals surface area contributed by atoms with Gasteiger partial charge in [-0.15, -0.1) is 0 Å². The van der Waals surface area contributed by atoms with Crippen LogP contribution in [0.5, 0.6) is 0 Å². The van der Waals surface area contributed by atoms with Crippen molar-refractivity contribution in [3.05, 3.63) is 358 Å². The molecule has 0 bridgehead atoms. The minimum absolute atomic E-state index is 0.0135. The van der Waals surface area contributed by atoms with Crippen LogP contribution in [0.3, 0.4) is 0 Å². The Morgan fingerprint density at radius 1 is 0.227 bits per heavy atom. The lowest BCUT2D eigenvalue weighted by molar-refractivity contribution is 1.30. The highest BCUT2D eigenvalue weighted by Gasteiger charge is 2.43. The largest absolute Gasteiger partial charge is 0.310 e. The predicted octanol–water partition coefficient (Wildman–Crippen LogP) is 17.0. The zero-order valence-electron chi connectivity index (χ0n) is 58.3. The van der Waals surface area contributed by atoms with Crippen LogP contribution in [0, 0.1) is 83.1 Å². The highest BCUT2D eigenvalue weighted by molar-refractivity contribution is 7.20. The Labute approximate surface area is 577 Å². The molecule has 0 aromatic heterocycles. The Balaban J connectivity index is 1.05. The highest BCUT2D eigenvalue weighted by atomic mass is 28.3. The first-order chi connectivity index (χ1) is 47.0. The smallest absolute Gasteiger partial charge is 0.242 e. The Hall–Kier alpha value is -10.5. The summed E-state index contributed by atoms with van der Waals surface area (Å²) in [5.41, 5.74) is 30.5. The molecule has 0 saturated heterocycles. The Bertz CT molecular complexity index is 4690. The van der Waals surface area contributed by atoms with Crippen molar-refractivity contribution in [2.45, 2.75) is 83.1 Å². The van der Waals surface area contributed by atoms with E-state index in [4.69, 9.17) is 0 Å². The summed E-state index contributed by atoms with van der Waals surface area (Å²) in [6.45, 7) is 27.5. The number of hydrogen-bond donors (Lipinski definition) is 0. The van der Waals surface area contributed by atoms with Gasteiger partial charge < -0.3 is 9.80 Å². The first-order valence-corrected chi connectivity index (χ1v) is 36.4. The van der Waals surface area contributed by atoms with Crippen molar-refractivity contribution < 1.29 is 0 Å². The molecule has 0 amide bonds. The van der Waals surface area contributed by atoms with E-state index in [1.165, 1.54) is 142 Å². The number of para-hydroxylation sites is 2. The number of benzene rings is 14. The lowest BCUT2D eigenvalue weighted by Crippen LogP contribution is -2.75. The fourth-order valence-corrected chi connectivity index (χ4v) is 21.6. The van der Waals surface area contributed by atoms with E-state index in [2.05, 4.69) is 384 Å². The minimum atomic E-state index is -3.41. The quantitative estimate of drug-likeness (QED) is 0.0703. The second-order valence-corrected chi connectivity index (χ2v) is 31.4. The molecule has 0 aliphatic heterocycles. The van der Waals surface area contributed by atoms with E-state index in [-0.39, 0.29) is 13.4 Å². The maximum absolute atomic E-state index is 3.41. The summed E-state index contributed by atoms with van der Waals surface area (Å²) in [6.07, 6.45) is 0. The van der Waals surface area contributed by atoms with Crippen LogP contribution in [0.1, 0.15) is 66.8 Å². The molecule has 0 aliphatic rings.